The first-order valence-electron chi connectivity index (χ1n) is 4.94. The third-order valence-electron chi connectivity index (χ3n) is 2.69. The fourth-order valence-electron chi connectivity index (χ4n) is 1.73. The van der Waals surface area contributed by atoms with Gasteiger partial charge < -0.3 is 5.11 Å². The second-order valence-corrected chi connectivity index (χ2v) is 4.00. The first kappa shape index (κ1) is 11.9. The summed E-state index contributed by atoms with van der Waals surface area (Å²) in [6, 6.07) is 1.08. The lowest BCUT2D eigenvalue weighted by molar-refractivity contribution is -0.138. The Morgan fingerprint density at radius 3 is 2.29 bits per heavy atom. The molecule has 1 aromatic carbocycles. The number of halogens is 4. The van der Waals surface area contributed by atoms with E-state index in [4.69, 9.17) is 5.11 Å². The summed E-state index contributed by atoms with van der Waals surface area (Å²) >= 11 is 0. The van der Waals surface area contributed by atoms with Gasteiger partial charge in [0, 0.05) is 0 Å². The average Bonchev–Trinajstić information content (AvgIpc) is 2.97. The summed E-state index contributed by atoms with van der Waals surface area (Å²) in [4.78, 5) is 10.6. The molecule has 0 aromatic heterocycles. The van der Waals surface area contributed by atoms with Crippen LogP contribution in [0.25, 0.3) is 0 Å². The molecule has 0 heterocycles. The van der Waals surface area contributed by atoms with E-state index in [-0.39, 0.29) is 11.5 Å². The van der Waals surface area contributed by atoms with Gasteiger partial charge in [-0.15, -0.1) is 0 Å². The minimum atomic E-state index is -4.66. The van der Waals surface area contributed by atoms with E-state index in [0.29, 0.717) is 25.0 Å². The van der Waals surface area contributed by atoms with Gasteiger partial charge in [0.2, 0.25) is 0 Å². The zero-order valence-electron chi connectivity index (χ0n) is 8.51. The van der Waals surface area contributed by atoms with E-state index in [1.807, 2.05) is 0 Å². The van der Waals surface area contributed by atoms with Gasteiger partial charge in [-0.25, -0.2) is 9.18 Å². The molecule has 1 aliphatic rings. The van der Waals surface area contributed by atoms with Crippen LogP contribution < -0.4 is 0 Å². The van der Waals surface area contributed by atoms with E-state index < -0.39 is 29.1 Å². The summed E-state index contributed by atoms with van der Waals surface area (Å²) in [5.74, 6) is -3.12. The second-order valence-electron chi connectivity index (χ2n) is 4.00. The lowest BCUT2D eigenvalue weighted by Crippen LogP contribution is -2.12. The van der Waals surface area contributed by atoms with Crippen molar-refractivity contribution < 1.29 is 27.5 Å². The Morgan fingerprint density at radius 2 is 1.88 bits per heavy atom. The molecule has 0 atom stereocenters. The molecule has 1 saturated carbocycles. The molecule has 0 aliphatic heterocycles. The third-order valence-corrected chi connectivity index (χ3v) is 2.69. The minimum Gasteiger partial charge on any atom is -0.478 e. The highest BCUT2D eigenvalue weighted by Crippen LogP contribution is 2.46. The van der Waals surface area contributed by atoms with Crippen LogP contribution in [-0.2, 0) is 6.18 Å². The quantitative estimate of drug-likeness (QED) is 0.814. The zero-order valence-corrected chi connectivity index (χ0v) is 8.51. The molecule has 1 fully saturated rings. The number of benzene rings is 1. The Labute approximate surface area is 93.9 Å². The van der Waals surface area contributed by atoms with E-state index in [0.717, 1.165) is 0 Å². The monoisotopic (exact) mass is 248 g/mol. The van der Waals surface area contributed by atoms with Crippen molar-refractivity contribution in [1.82, 2.24) is 0 Å². The maximum atomic E-state index is 13.3. The standard InChI is InChI=1S/C11H8F4O2/c12-9-4-6(5-1-2-5)8(11(13,14)15)3-7(9)10(16)17/h3-5H,1-2H2,(H,16,17). The summed E-state index contributed by atoms with van der Waals surface area (Å²) in [5, 5.41) is 8.59. The minimum absolute atomic E-state index is 0.139. The highest BCUT2D eigenvalue weighted by atomic mass is 19.4. The maximum Gasteiger partial charge on any atom is 0.416 e. The first-order valence-corrected chi connectivity index (χ1v) is 4.94. The van der Waals surface area contributed by atoms with Crippen LogP contribution in [-0.4, -0.2) is 11.1 Å². The summed E-state index contributed by atoms with van der Waals surface area (Å²) in [6.07, 6.45) is -3.50. The molecule has 2 nitrogen and oxygen atoms in total. The van der Waals surface area contributed by atoms with E-state index in [1.54, 1.807) is 0 Å². The molecule has 17 heavy (non-hydrogen) atoms. The number of hydrogen-bond donors (Lipinski definition) is 1. The van der Waals surface area contributed by atoms with Crippen molar-refractivity contribution in [1.29, 1.82) is 0 Å². The largest absolute Gasteiger partial charge is 0.478 e. The van der Waals surface area contributed by atoms with Crippen molar-refractivity contribution in [3.63, 3.8) is 0 Å². The van der Waals surface area contributed by atoms with Crippen LogP contribution in [0.4, 0.5) is 17.6 Å². The van der Waals surface area contributed by atoms with Gasteiger partial charge in [-0.05, 0) is 36.5 Å². The van der Waals surface area contributed by atoms with Crippen LogP contribution in [0.1, 0.15) is 40.2 Å². The van der Waals surface area contributed by atoms with Gasteiger partial charge >= 0.3 is 12.1 Å². The normalized spacial score (nSPS) is 16.0. The number of alkyl halides is 3. The fourth-order valence-corrected chi connectivity index (χ4v) is 1.73. The van der Waals surface area contributed by atoms with Crippen molar-refractivity contribution in [2.45, 2.75) is 24.9 Å². The number of carboxylic acids is 1. The van der Waals surface area contributed by atoms with Crippen molar-refractivity contribution >= 4 is 5.97 Å². The van der Waals surface area contributed by atoms with Gasteiger partial charge in [0.05, 0.1) is 11.1 Å². The molecule has 2 rings (SSSR count). The van der Waals surface area contributed by atoms with E-state index in [2.05, 4.69) is 0 Å². The van der Waals surface area contributed by atoms with E-state index >= 15 is 0 Å². The van der Waals surface area contributed by atoms with Crippen LogP contribution in [0.5, 0.6) is 0 Å². The van der Waals surface area contributed by atoms with Gasteiger partial charge in [0.15, 0.2) is 0 Å². The summed E-state index contributed by atoms with van der Waals surface area (Å²) in [6.45, 7) is 0. The summed E-state index contributed by atoms with van der Waals surface area (Å²) in [7, 11) is 0. The maximum absolute atomic E-state index is 13.3. The molecule has 0 unspecified atom stereocenters. The molecule has 6 heteroatoms. The molecule has 0 amide bonds. The molecule has 0 radical (unpaired) electrons. The molecule has 0 saturated heterocycles. The van der Waals surface area contributed by atoms with Gasteiger partial charge in [-0.2, -0.15) is 13.2 Å². The summed E-state index contributed by atoms with van der Waals surface area (Å²) in [5.41, 5.74) is -2.12. The van der Waals surface area contributed by atoms with Crippen LogP contribution >= 0.6 is 0 Å². The Hall–Kier alpha value is -1.59. The van der Waals surface area contributed by atoms with Crippen molar-refractivity contribution in [2.75, 3.05) is 0 Å². The fraction of sp³-hybridized carbons (Fsp3) is 0.364. The zero-order chi connectivity index (χ0) is 12.8. The molecule has 1 aromatic rings. The lowest BCUT2D eigenvalue weighted by Gasteiger charge is -2.13. The SMILES string of the molecule is O=C(O)c1cc(C(F)(F)F)c(C2CC2)cc1F. The Bertz CT molecular complexity index is 475. The number of aromatic carboxylic acids is 1. The van der Waals surface area contributed by atoms with Crippen molar-refractivity contribution in [3.05, 3.63) is 34.6 Å². The van der Waals surface area contributed by atoms with Crippen molar-refractivity contribution in [2.24, 2.45) is 0 Å². The van der Waals surface area contributed by atoms with Crippen molar-refractivity contribution in [3.8, 4) is 0 Å². The Kier molecular flexibility index (Phi) is 2.60. The second kappa shape index (κ2) is 3.72. The lowest BCUT2D eigenvalue weighted by atomic mass is 9.99. The molecule has 1 aliphatic carbocycles. The van der Waals surface area contributed by atoms with Gasteiger partial charge in [-0.3, -0.25) is 0 Å². The Balaban J connectivity index is 2.60. The third kappa shape index (κ3) is 2.25. The molecule has 0 spiro atoms. The predicted octanol–water partition coefficient (Wildman–Crippen LogP) is 3.42. The molecule has 0 bridgehead atoms. The number of carboxylic acid groups (broad SMARTS) is 1. The highest BCUT2D eigenvalue weighted by Gasteiger charge is 2.39. The predicted molar refractivity (Wildman–Crippen MR) is 50.3 cm³/mol. The topological polar surface area (TPSA) is 37.3 Å². The molecule has 1 N–H and O–H groups in total. The smallest absolute Gasteiger partial charge is 0.416 e. The average molecular weight is 248 g/mol. The van der Waals surface area contributed by atoms with Gasteiger partial charge in [-0.1, -0.05) is 0 Å². The van der Waals surface area contributed by atoms with Gasteiger partial charge in [0.1, 0.15) is 5.82 Å². The Morgan fingerprint density at radius 1 is 1.29 bits per heavy atom. The highest BCUT2D eigenvalue weighted by molar-refractivity contribution is 5.88. The molecular formula is C11H8F4O2. The van der Waals surface area contributed by atoms with Gasteiger partial charge in [0.25, 0.3) is 0 Å². The molecular weight excluding hydrogens is 240 g/mol. The summed E-state index contributed by atoms with van der Waals surface area (Å²) < 4.78 is 51.4. The number of rotatable bonds is 2. The van der Waals surface area contributed by atoms with E-state index in [9.17, 15) is 22.4 Å². The van der Waals surface area contributed by atoms with Crippen LogP contribution in [0, 0.1) is 5.82 Å². The first-order chi connectivity index (χ1) is 7.80. The van der Waals surface area contributed by atoms with Crippen LogP contribution in [0.2, 0.25) is 0 Å². The van der Waals surface area contributed by atoms with Crippen LogP contribution in [0.3, 0.4) is 0 Å². The molecule has 92 valence electrons. The number of carbonyl (C=O) groups is 1. The van der Waals surface area contributed by atoms with Crippen LogP contribution in [0.15, 0.2) is 12.1 Å². The number of hydrogen-bond acceptors (Lipinski definition) is 1. The van der Waals surface area contributed by atoms with E-state index in [1.165, 1.54) is 0 Å².